The number of nitrogens with one attached hydrogen (secondary N) is 3. The molecule has 4 aromatic rings. The maximum Gasteiger partial charge on any atom is 0.265 e. The number of benzene rings is 2. The largest absolute Gasteiger partial charge is 0.321 e. The quantitative estimate of drug-likeness (QED) is 0.492. The Kier molecular flexibility index (Phi) is 4.43. The third-order valence-corrected chi connectivity index (χ3v) is 5.18. The number of nitrogens with zero attached hydrogens (tertiary/aromatic N) is 1. The van der Waals surface area contributed by atoms with E-state index in [-0.39, 0.29) is 11.8 Å². The molecule has 6 nitrogen and oxygen atoms in total. The van der Waals surface area contributed by atoms with E-state index in [2.05, 4.69) is 20.8 Å². The molecule has 0 radical (unpaired) electrons. The van der Waals surface area contributed by atoms with Crippen LogP contribution in [0.3, 0.4) is 0 Å². The molecule has 0 spiro atoms. The first-order valence-corrected chi connectivity index (χ1v) is 9.15. The first-order chi connectivity index (χ1) is 13.1. The number of para-hydroxylation sites is 1. The summed E-state index contributed by atoms with van der Waals surface area (Å²) < 4.78 is 0. The van der Waals surface area contributed by atoms with Crippen LogP contribution in [0.15, 0.2) is 60.7 Å². The number of amides is 2. The van der Waals surface area contributed by atoms with Gasteiger partial charge in [0, 0.05) is 11.3 Å². The van der Waals surface area contributed by atoms with E-state index in [4.69, 9.17) is 0 Å². The predicted octanol–water partition coefficient (Wildman–Crippen LogP) is 4.44. The number of fused-ring (bicyclic) bond motifs is 1. The molecule has 0 fully saturated rings. The number of aromatic nitrogens is 2. The minimum absolute atomic E-state index is 0.195. The highest BCUT2D eigenvalue weighted by Crippen LogP contribution is 2.30. The molecule has 7 heteroatoms. The maximum atomic E-state index is 12.6. The van der Waals surface area contributed by atoms with Crippen molar-refractivity contribution in [3.05, 3.63) is 76.7 Å². The maximum absolute atomic E-state index is 12.6. The standard InChI is InChI=1S/C20H16N4O2S/c1-12-7-5-6-10-15(12)21-19(26)16-11-14-17(23-24-20(14)27-16)22-18(25)13-8-3-2-4-9-13/h2-11H,1H3,(H,21,26)(H2,22,23,24,25). The van der Waals surface area contributed by atoms with Crippen LogP contribution in [0.2, 0.25) is 0 Å². The smallest absolute Gasteiger partial charge is 0.265 e. The fourth-order valence-electron chi connectivity index (χ4n) is 2.69. The molecule has 0 aliphatic carbocycles. The second kappa shape index (κ2) is 7.05. The van der Waals surface area contributed by atoms with E-state index in [0.717, 1.165) is 16.1 Å². The first kappa shape index (κ1) is 17.0. The molecule has 2 aromatic heterocycles. The molecule has 0 saturated carbocycles. The molecule has 134 valence electrons. The van der Waals surface area contributed by atoms with E-state index < -0.39 is 0 Å². The molecule has 0 atom stereocenters. The van der Waals surface area contributed by atoms with E-state index in [1.807, 2.05) is 37.3 Å². The highest BCUT2D eigenvalue weighted by Gasteiger charge is 2.17. The number of aromatic amines is 1. The lowest BCUT2D eigenvalue weighted by atomic mass is 10.2. The molecule has 0 aliphatic heterocycles. The van der Waals surface area contributed by atoms with Gasteiger partial charge in [0.15, 0.2) is 5.82 Å². The summed E-state index contributed by atoms with van der Waals surface area (Å²) in [6.45, 7) is 1.94. The topological polar surface area (TPSA) is 86.9 Å². The Morgan fingerprint density at radius 1 is 0.963 bits per heavy atom. The van der Waals surface area contributed by atoms with Crippen LogP contribution in [0.25, 0.3) is 10.2 Å². The van der Waals surface area contributed by atoms with Gasteiger partial charge < -0.3 is 10.6 Å². The van der Waals surface area contributed by atoms with Gasteiger partial charge >= 0.3 is 0 Å². The molecular formula is C20H16N4O2S. The number of aryl methyl sites for hydroxylation is 1. The number of H-pyrrole nitrogens is 1. The molecule has 27 heavy (non-hydrogen) atoms. The summed E-state index contributed by atoms with van der Waals surface area (Å²) in [5.74, 6) is -0.0367. The van der Waals surface area contributed by atoms with Crippen molar-refractivity contribution >= 4 is 44.9 Å². The molecule has 0 bridgehead atoms. The second-order valence-corrected chi connectivity index (χ2v) is 7.07. The summed E-state index contributed by atoms with van der Waals surface area (Å²) in [6, 6.07) is 18.2. The van der Waals surface area contributed by atoms with Gasteiger partial charge in [-0.05, 0) is 36.8 Å². The molecule has 0 unspecified atom stereocenters. The summed E-state index contributed by atoms with van der Waals surface area (Å²) in [5.41, 5.74) is 2.31. The minimum Gasteiger partial charge on any atom is -0.321 e. The van der Waals surface area contributed by atoms with E-state index in [9.17, 15) is 9.59 Å². The van der Waals surface area contributed by atoms with E-state index in [1.165, 1.54) is 11.3 Å². The lowest BCUT2D eigenvalue weighted by Crippen LogP contribution is -2.12. The van der Waals surface area contributed by atoms with E-state index in [0.29, 0.717) is 21.6 Å². The van der Waals surface area contributed by atoms with Crippen molar-refractivity contribution in [3.8, 4) is 0 Å². The van der Waals surface area contributed by atoms with Crippen LogP contribution in [0.4, 0.5) is 11.5 Å². The van der Waals surface area contributed by atoms with Crippen LogP contribution in [0, 0.1) is 6.92 Å². The van der Waals surface area contributed by atoms with Crippen molar-refractivity contribution in [1.29, 1.82) is 0 Å². The van der Waals surface area contributed by atoms with Gasteiger partial charge in [0.05, 0.1) is 10.3 Å². The summed E-state index contributed by atoms with van der Waals surface area (Å²) in [7, 11) is 0. The van der Waals surface area contributed by atoms with Gasteiger partial charge in [-0.2, -0.15) is 5.10 Å². The zero-order valence-electron chi connectivity index (χ0n) is 14.4. The van der Waals surface area contributed by atoms with E-state index in [1.54, 1.807) is 30.3 Å². The number of carbonyl (C=O) groups excluding carboxylic acids is 2. The lowest BCUT2D eigenvalue weighted by molar-refractivity contribution is 0.102. The normalized spacial score (nSPS) is 10.7. The Bertz CT molecular complexity index is 1130. The van der Waals surface area contributed by atoms with Crippen LogP contribution < -0.4 is 10.6 Å². The van der Waals surface area contributed by atoms with Gasteiger partial charge in [-0.3, -0.25) is 14.7 Å². The average Bonchev–Trinajstić information content (AvgIpc) is 3.26. The Morgan fingerprint density at radius 2 is 1.70 bits per heavy atom. The van der Waals surface area contributed by atoms with Gasteiger partial charge in [-0.15, -0.1) is 11.3 Å². The van der Waals surface area contributed by atoms with Crippen LogP contribution in [-0.2, 0) is 0 Å². The van der Waals surface area contributed by atoms with Crippen molar-refractivity contribution in [2.75, 3.05) is 10.6 Å². The van der Waals surface area contributed by atoms with Crippen LogP contribution in [-0.4, -0.2) is 22.0 Å². The van der Waals surface area contributed by atoms with E-state index >= 15 is 0 Å². The summed E-state index contributed by atoms with van der Waals surface area (Å²) in [6.07, 6.45) is 0. The molecule has 2 aromatic carbocycles. The number of anilines is 2. The third-order valence-electron chi connectivity index (χ3n) is 4.14. The van der Waals surface area contributed by atoms with Gasteiger partial charge in [0.2, 0.25) is 0 Å². The number of thiophene rings is 1. The van der Waals surface area contributed by atoms with Gasteiger partial charge in [0.25, 0.3) is 11.8 Å². The first-order valence-electron chi connectivity index (χ1n) is 8.33. The number of carbonyl (C=O) groups is 2. The molecule has 3 N–H and O–H groups in total. The summed E-state index contributed by atoms with van der Waals surface area (Å²) in [5, 5.41) is 13.4. The summed E-state index contributed by atoms with van der Waals surface area (Å²) in [4.78, 5) is 26.2. The van der Waals surface area contributed by atoms with Crippen molar-refractivity contribution in [1.82, 2.24) is 10.2 Å². The predicted molar refractivity (Wildman–Crippen MR) is 107 cm³/mol. The lowest BCUT2D eigenvalue weighted by Gasteiger charge is -2.06. The highest BCUT2D eigenvalue weighted by molar-refractivity contribution is 7.20. The van der Waals surface area contributed by atoms with Crippen molar-refractivity contribution < 1.29 is 9.59 Å². The number of hydrogen-bond acceptors (Lipinski definition) is 4. The number of rotatable bonds is 4. The Hall–Kier alpha value is -3.45. The molecule has 2 heterocycles. The second-order valence-electron chi connectivity index (χ2n) is 6.01. The monoisotopic (exact) mass is 376 g/mol. The Labute approximate surface area is 159 Å². The van der Waals surface area contributed by atoms with Gasteiger partial charge in [-0.25, -0.2) is 0 Å². The SMILES string of the molecule is Cc1ccccc1NC(=O)c1cc2c(NC(=O)c3ccccc3)n[nH]c2s1. The third kappa shape index (κ3) is 3.45. The molecule has 0 saturated heterocycles. The van der Waals surface area contributed by atoms with Gasteiger partial charge in [-0.1, -0.05) is 36.4 Å². The zero-order valence-corrected chi connectivity index (χ0v) is 15.3. The number of hydrogen-bond donors (Lipinski definition) is 3. The van der Waals surface area contributed by atoms with Crippen molar-refractivity contribution in [3.63, 3.8) is 0 Å². The van der Waals surface area contributed by atoms with Crippen LogP contribution >= 0.6 is 11.3 Å². The fraction of sp³-hybridized carbons (Fsp3) is 0.0500. The Morgan fingerprint density at radius 3 is 2.48 bits per heavy atom. The van der Waals surface area contributed by atoms with Crippen LogP contribution in [0.5, 0.6) is 0 Å². The molecular weight excluding hydrogens is 360 g/mol. The molecule has 4 rings (SSSR count). The van der Waals surface area contributed by atoms with Crippen molar-refractivity contribution in [2.45, 2.75) is 6.92 Å². The summed E-state index contributed by atoms with van der Waals surface area (Å²) >= 11 is 1.29. The van der Waals surface area contributed by atoms with Crippen LogP contribution in [0.1, 0.15) is 25.6 Å². The zero-order chi connectivity index (χ0) is 18.8. The highest BCUT2D eigenvalue weighted by atomic mass is 32.1. The molecule has 2 amide bonds. The average molecular weight is 376 g/mol. The minimum atomic E-state index is -0.249. The fourth-order valence-corrected chi connectivity index (χ4v) is 3.59. The van der Waals surface area contributed by atoms with Gasteiger partial charge in [0.1, 0.15) is 4.83 Å². The molecule has 0 aliphatic rings. The van der Waals surface area contributed by atoms with Crippen molar-refractivity contribution in [2.24, 2.45) is 0 Å². The Balaban J connectivity index is 1.56.